The Morgan fingerprint density at radius 2 is 1.90 bits per heavy atom. The number of ether oxygens (including phenoxy) is 5. The minimum atomic E-state index is -0.604. The molecule has 0 unspecified atom stereocenters. The number of nitrogens with one attached hydrogen (secondary N) is 1. The van der Waals surface area contributed by atoms with E-state index in [2.05, 4.69) is 15.3 Å². The van der Waals surface area contributed by atoms with Gasteiger partial charge >= 0.3 is 6.09 Å². The number of piperidine rings is 1. The molecule has 1 N–H and O–H groups in total. The lowest BCUT2D eigenvalue weighted by Gasteiger charge is -2.40. The smallest absolute Gasteiger partial charge is 0.410 e. The average Bonchev–Trinajstić information content (AvgIpc) is 2.93. The molecule has 39 heavy (non-hydrogen) atoms. The second-order valence-electron chi connectivity index (χ2n) is 10.8. The Morgan fingerprint density at radius 3 is 2.69 bits per heavy atom. The molecule has 5 rings (SSSR count). The van der Waals surface area contributed by atoms with Crippen molar-refractivity contribution in [3.05, 3.63) is 48.3 Å². The average molecular weight is 537 g/mol. The third kappa shape index (κ3) is 6.62. The second kappa shape index (κ2) is 11.5. The van der Waals surface area contributed by atoms with E-state index >= 15 is 0 Å². The fourth-order valence-corrected chi connectivity index (χ4v) is 4.80. The van der Waals surface area contributed by atoms with Crippen molar-refractivity contribution in [1.82, 2.24) is 20.2 Å². The van der Waals surface area contributed by atoms with Crippen molar-refractivity contribution < 1.29 is 28.5 Å². The highest BCUT2D eigenvalue weighted by molar-refractivity contribution is 5.84. The Kier molecular flexibility index (Phi) is 7.92. The Bertz CT molecular complexity index is 1310. The van der Waals surface area contributed by atoms with E-state index in [0.29, 0.717) is 37.9 Å². The lowest BCUT2D eigenvalue weighted by molar-refractivity contribution is -0.000977. The summed E-state index contributed by atoms with van der Waals surface area (Å²) in [5, 5.41) is 4.36. The Labute approximate surface area is 228 Å². The molecule has 0 spiro atoms. The summed E-state index contributed by atoms with van der Waals surface area (Å²) < 4.78 is 28.6. The van der Waals surface area contributed by atoms with Crippen molar-refractivity contribution in [3.8, 4) is 23.1 Å². The van der Waals surface area contributed by atoms with Crippen LogP contribution in [0.4, 0.5) is 4.79 Å². The number of carbonyl (C=O) groups excluding carboxylic acids is 1. The quantitative estimate of drug-likeness (QED) is 0.472. The van der Waals surface area contributed by atoms with Gasteiger partial charge < -0.3 is 33.9 Å². The molecule has 3 aromatic rings. The minimum absolute atomic E-state index is 0.103. The third-order valence-electron chi connectivity index (χ3n) is 6.75. The van der Waals surface area contributed by atoms with E-state index in [0.717, 1.165) is 40.8 Å². The number of nitrogens with zero attached hydrogens (tertiary/aromatic N) is 3. The van der Waals surface area contributed by atoms with Crippen LogP contribution in [0.15, 0.2) is 42.7 Å². The van der Waals surface area contributed by atoms with Crippen LogP contribution in [0.25, 0.3) is 10.9 Å². The van der Waals surface area contributed by atoms with Gasteiger partial charge in [-0.3, -0.25) is 0 Å². The number of benzene rings is 2. The highest BCUT2D eigenvalue weighted by atomic mass is 16.6. The molecule has 0 radical (unpaired) electrons. The van der Waals surface area contributed by atoms with Crippen molar-refractivity contribution in [2.75, 3.05) is 33.5 Å². The number of hydrogen-bond donors (Lipinski definition) is 1. The van der Waals surface area contributed by atoms with Crippen LogP contribution in [0.2, 0.25) is 0 Å². The summed E-state index contributed by atoms with van der Waals surface area (Å²) in [4.78, 5) is 23.7. The Hall–Kier alpha value is -3.79. The Morgan fingerprint density at radius 1 is 1.08 bits per heavy atom. The van der Waals surface area contributed by atoms with Gasteiger partial charge in [-0.1, -0.05) is 6.07 Å². The first-order valence-corrected chi connectivity index (χ1v) is 13.3. The number of amides is 1. The van der Waals surface area contributed by atoms with Gasteiger partial charge in [0.05, 0.1) is 24.1 Å². The predicted octanol–water partition coefficient (Wildman–Crippen LogP) is 4.35. The van der Waals surface area contributed by atoms with Crippen LogP contribution in [0.5, 0.6) is 23.1 Å². The van der Waals surface area contributed by atoms with Gasteiger partial charge in [-0.15, -0.1) is 0 Å². The SMILES string of the molecule is COc1ccc2ncnc(OC[C@H]3CC[C@H](NCc4ccc5c(c4)OCCO5)CN3C(=O)OC(C)(C)C)c2c1. The molecule has 1 fully saturated rings. The number of methoxy groups -OCH3 is 1. The molecule has 1 saturated heterocycles. The van der Waals surface area contributed by atoms with Crippen LogP contribution in [-0.4, -0.2) is 72.1 Å². The molecular formula is C29H36N4O6. The van der Waals surface area contributed by atoms with Crippen molar-refractivity contribution in [1.29, 1.82) is 0 Å². The first-order chi connectivity index (χ1) is 18.8. The van der Waals surface area contributed by atoms with Crippen LogP contribution in [-0.2, 0) is 11.3 Å². The van der Waals surface area contributed by atoms with Gasteiger partial charge in [0.1, 0.15) is 37.5 Å². The van der Waals surface area contributed by atoms with Gasteiger partial charge in [-0.05, 0) is 69.5 Å². The molecule has 2 aliphatic heterocycles. The van der Waals surface area contributed by atoms with Gasteiger partial charge in [0, 0.05) is 19.1 Å². The van der Waals surface area contributed by atoms with Gasteiger partial charge in [0.25, 0.3) is 0 Å². The molecule has 1 amide bonds. The Balaban J connectivity index is 1.26. The fraction of sp³-hybridized carbons (Fsp3) is 0.483. The zero-order valence-electron chi connectivity index (χ0n) is 22.9. The molecule has 0 bridgehead atoms. The van der Waals surface area contributed by atoms with Crippen LogP contribution in [0, 0.1) is 0 Å². The lowest BCUT2D eigenvalue weighted by Crippen LogP contribution is -2.55. The van der Waals surface area contributed by atoms with E-state index in [4.69, 9.17) is 23.7 Å². The van der Waals surface area contributed by atoms with E-state index in [1.807, 2.05) is 57.2 Å². The summed E-state index contributed by atoms with van der Waals surface area (Å²) in [6.07, 6.45) is 2.77. The molecule has 3 heterocycles. The molecule has 0 aliphatic carbocycles. The minimum Gasteiger partial charge on any atom is -0.497 e. The van der Waals surface area contributed by atoms with Crippen LogP contribution in [0.1, 0.15) is 39.2 Å². The standard InChI is InChI=1S/C29H36N4O6/c1-29(2,3)39-28(34)33-16-20(30-15-19-5-10-25-26(13-19)37-12-11-36-25)6-7-21(33)17-38-27-23-14-22(35-4)8-9-24(23)31-18-32-27/h5,8-10,13-14,18,20-21,30H,6-7,11-12,15-17H2,1-4H3/t20-,21+/m0/s1. The highest BCUT2D eigenvalue weighted by Crippen LogP contribution is 2.31. The normalized spacial score (nSPS) is 19.0. The highest BCUT2D eigenvalue weighted by Gasteiger charge is 2.35. The van der Waals surface area contributed by atoms with E-state index in [1.54, 1.807) is 12.0 Å². The number of likely N-dealkylation sites (tertiary alicyclic amines) is 1. The molecule has 10 heteroatoms. The lowest BCUT2D eigenvalue weighted by atomic mass is 9.98. The molecule has 2 atom stereocenters. The maximum atomic E-state index is 13.3. The van der Waals surface area contributed by atoms with Gasteiger partial charge in [0.2, 0.25) is 5.88 Å². The van der Waals surface area contributed by atoms with Gasteiger partial charge in [-0.2, -0.15) is 0 Å². The van der Waals surface area contributed by atoms with E-state index in [9.17, 15) is 4.79 Å². The van der Waals surface area contributed by atoms with Crippen LogP contribution >= 0.6 is 0 Å². The summed E-state index contributed by atoms with van der Waals surface area (Å²) in [7, 11) is 1.62. The van der Waals surface area contributed by atoms with Crippen molar-refractivity contribution in [3.63, 3.8) is 0 Å². The number of aromatic nitrogens is 2. The monoisotopic (exact) mass is 536 g/mol. The van der Waals surface area contributed by atoms with E-state index in [1.165, 1.54) is 6.33 Å². The van der Waals surface area contributed by atoms with Gasteiger partial charge in [0.15, 0.2) is 11.5 Å². The number of fused-ring (bicyclic) bond motifs is 2. The first kappa shape index (κ1) is 26.8. The van der Waals surface area contributed by atoms with Gasteiger partial charge in [-0.25, -0.2) is 14.8 Å². The first-order valence-electron chi connectivity index (χ1n) is 13.3. The number of carbonyl (C=O) groups is 1. The van der Waals surface area contributed by atoms with Crippen molar-refractivity contribution in [2.24, 2.45) is 0 Å². The fourth-order valence-electron chi connectivity index (χ4n) is 4.80. The largest absolute Gasteiger partial charge is 0.497 e. The molecule has 2 aromatic carbocycles. The zero-order valence-corrected chi connectivity index (χ0v) is 22.9. The zero-order chi connectivity index (χ0) is 27.4. The molecular weight excluding hydrogens is 500 g/mol. The maximum Gasteiger partial charge on any atom is 0.410 e. The summed E-state index contributed by atoms with van der Waals surface area (Å²) in [6.45, 7) is 8.19. The topological polar surface area (TPSA) is 104 Å². The van der Waals surface area contributed by atoms with Crippen LogP contribution in [0.3, 0.4) is 0 Å². The number of hydrogen-bond acceptors (Lipinski definition) is 9. The summed E-state index contributed by atoms with van der Waals surface area (Å²) in [5.41, 5.74) is 1.25. The number of rotatable bonds is 7. The van der Waals surface area contributed by atoms with E-state index in [-0.39, 0.29) is 24.8 Å². The summed E-state index contributed by atoms with van der Waals surface area (Å²) >= 11 is 0. The van der Waals surface area contributed by atoms with Crippen molar-refractivity contribution >= 4 is 17.0 Å². The maximum absolute atomic E-state index is 13.3. The third-order valence-corrected chi connectivity index (χ3v) is 6.75. The second-order valence-corrected chi connectivity index (χ2v) is 10.8. The summed E-state index contributed by atoms with van der Waals surface area (Å²) in [6, 6.07) is 11.5. The molecule has 10 nitrogen and oxygen atoms in total. The van der Waals surface area contributed by atoms with E-state index < -0.39 is 5.60 Å². The molecule has 208 valence electrons. The molecule has 1 aromatic heterocycles. The molecule has 0 saturated carbocycles. The summed E-state index contributed by atoms with van der Waals surface area (Å²) in [5.74, 6) is 2.70. The predicted molar refractivity (Wildman–Crippen MR) is 146 cm³/mol. The van der Waals surface area contributed by atoms with Crippen molar-refractivity contribution in [2.45, 2.75) is 57.8 Å². The molecule has 2 aliphatic rings. The van der Waals surface area contributed by atoms with Crippen LogP contribution < -0.4 is 24.3 Å².